The van der Waals surface area contributed by atoms with Crippen molar-refractivity contribution in [1.82, 2.24) is 0 Å². The fourth-order valence-electron chi connectivity index (χ4n) is 4.44. The number of fused-ring (bicyclic) bond motifs is 1. The number of esters is 2. The van der Waals surface area contributed by atoms with Crippen LogP contribution in [0.5, 0.6) is 0 Å². The van der Waals surface area contributed by atoms with E-state index >= 15 is 0 Å². The molecule has 2 fully saturated rings. The zero-order valence-corrected chi connectivity index (χ0v) is 21.5. The van der Waals surface area contributed by atoms with Gasteiger partial charge in [0.05, 0.1) is 36.2 Å². The van der Waals surface area contributed by atoms with Crippen molar-refractivity contribution in [1.29, 1.82) is 0 Å². The van der Waals surface area contributed by atoms with Crippen LogP contribution in [0.4, 0.5) is 14.0 Å². The monoisotopic (exact) mass is 564 g/mol. The van der Waals surface area contributed by atoms with Gasteiger partial charge in [0.25, 0.3) is 0 Å². The number of aliphatic hydroxyl groups excluding tert-OH is 1. The summed E-state index contributed by atoms with van der Waals surface area (Å²) in [5, 5.41) is 10.9. The number of halogens is 2. The summed E-state index contributed by atoms with van der Waals surface area (Å²) in [7, 11) is 0. The van der Waals surface area contributed by atoms with Crippen LogP contribution in [0.25, 0.3) is 0 Å². The van der Waals surface area contributed by atoms with Crippen molar-refractivity contribution in [2.45, 2.75) is 24.8 Å². The Morgan fingerprint density at radius 1 is 0.892 bits per heavy atom. The predicted molar refractivity (Wildman–Crippen MR) is 124 cm³/mol. The quantitative estimate of drug-likeness (QED) is 0.182. The normalized spacial score (nSPS) is 25.4. The second-order valence-electron chi connectivity index (χ2n) is 8.06. The lowest BCUT2D eigenvalue weighted by molar-refractivity contribution is -0.163. The summed E-state index contributed by atoms with van der Waals surface area (Å²) in [6, 6.07) is 4.14. The molecule has 1 N–H and O–H groups in total. The van der Waals surface area contributed by atoms with Crippen molar-refractivity contribution in [2.75, 3.05) is 32.6 Å². The molecule has 1 aromatic carbocycles. The van der Waals surface area contributed by atoms with Gasteiger partial charge < -0.3 is 33.5 Å². The smallest absolute Gasteiger partial charge is 0.435 e. The molecule has 0 radical (unpaired) electrons. The number of carbonyl (C=O) groups excluding carboxylic acids is 4. The van der Waals surface area contributed by atoms with E-state index in [1.165, 1.54) is 30.0 Å². The standard InChI is InChI=1S/C23H26ClFO11S/c1-3-31-22(29)35-9-33-20(27)15-12(8-37-11-5-6-14(25)13(24)7-11)19(26)17-16(15)18(17)21(28)34-10-36-23(30)32-4-2/h5-7,12,15-19,26H,3-4,8-10H2,1-2H3/t12-,15+,16-,17+,18+,19+/m0/s1. The second-order valence-corrected chi connectivity index (χ2v) is 9.57. The van der Waals surface area contributed by atoms with Crippen LogP contribution in [-0.4, -0.2) is 68.0 Å². The fourth-order valence-corrected chi connectivity index (χ4v) is 5.84. The van der Waals surface area contributed by atoms with Crippen LogP contribution in [0, 0.1) is 35.4 Å². The fraction of sp³-hybridized carbons (Fsp3) is 0.565. The first kappa shape index (κ1) is 28.8. The first-order valence-electron chi connectivity index (χ1n) is 11.4. The first-order chi connectivity index (χ1) is 17.7. The molecular formula is C23H26ClFO11S. The topological polar surface area (TPSA) is 144 Å². The number of carbonyl (C=O) groups is 4. The molecule has 37 heavy (non-hydrogen) atoms. The van der Waals surface area contributed by atoms with Crippen LogP contribution in [0.3, 0.4) is 0 Å². The van der Waals surface area contributed by atoms with Gasteiger partial charge in [-0.25, -0.2) is 14.0 Å². The van der Waals surface area contributed by atoms with Crippen LogP contribution in [-0.2, 0) is 38.0 Å². The first-order valence-corrected chi connectivity index (χ1v) is 12.7. The van der Waals surface area contributed by atoms with Crippen molar-refractivity contribution in [3.8, 4) is 0 Å². The number of hydrogen-bond acceptors (Lipinski definition) is 12. The Labute approximate surface area is 220 Å². The Bertz CT molecular complexity index is 1010. The highest BCUT2D eigenvalue weighted by Gasteiger charge is 2.72. The summed E-state index contributed by atoms with van der Waals surface area (Å²) in [4.78, 5) is 48.7. The number of benzene rings is 1. The molecule has 2 aliphatic rings. The molecule has 0 unspecified atom stereocenters. The number of thioether (sulfide) groups is 1. The van der Waals surface area contributed by atoms with Crippen molar-refractivity contribution >= 4 is 47.6 Å². The Kier molecular flexibility index (Phi) is 10.2. The highest BCUT2D eigenvalue weighted by atomic mass is 35.5. The Morgan fingerprint density at radius 2 is 1.46 bits per heavy atom. The number of ether oxygens (including phenoxy) is 6. The zero-order chi connectivity index (χ0) is 27.1. The highest BCUT2D eigenvalue weighted by Crippen LogP contribution is 2.64. The van der Waals surface area contributed by atoms with Crippen molar-refractivity contribution in [2.24, 2.45) is 29.6 Å². The molecule has 14 heteroatoms. The molecule has 0 aromatic heterocycles. The Hall–Kier alpha value is -2.77. The number of aliphatic hydroxyl groups is 1. The van der Waals surface area contributed by atoms with Crippen molar-refractivity contribution in [3.63, 3.8) is 0 Å². The van der Waals surface area contributed by atoms with Gasteiger partial charge in [0.15, 0.2) is 0 Å². The summed E-state index contributed by atoms with van der Waals surface area (Å²) < 4.78 is 42.0. The van der Waals surface area contributed by atoms with E-state index in [0.29, 0.717) is 4.90 Å². The van der Waals surface area contributed by atoms with E-state index in [1.807, 2.05) is 0 Å². The van der Waals surface area contributed by atoms with Gasteiger partial charge in [-0.1, -0.05) is 11.6 Å². The summed E-state index contributed by atoms with van der Waals surface area (Å²) in [6.45, 7) is 1.92. The molecule has 0 bridgehead atoms. The third-order valence-electron chi connectivity index (χ3n) is 6.00. The van der Waals surface area contributed by atoms with E-state index < -0.39 is 79.3 Å². The SMILES string of the molecule is CCOC(=O)OCOC(=O)[C@@H]1[C@H](CSc2ccc(F)c(Cl)c2)[C@@H](O)[C@H]2[C@H](C(=O)OCOC(=O)OCC)[C@@H]12. The lowest BCUT2D eigenvalue weighted by Crippen LogP contribution is -2.36. The summed E-state index contributed by atoms with van der Waals surface area (Å²) >= 11 is 7.07. The third kappa shape index (κ3) is 7.17. The van der Waals surface area contributed by atoms with Gasteiger partial charge in [-0.05, 0) is 38.0 Å². The molecule has 2 aliphatic carbocycles. The molecule has 0 saturated heterocycles. The molecule has 204 valence electrons. The van der Waals surface area contributed by atoms with Gasteiger partial charge in [-0.3, -0.25) is 9.59 Å². The van der Waals surface area contributed by atoms with E-state index in [0.717, 1.165) is 0 Å². The van der Waals surface area contributed by atoms with Crippen molar-refractivity contribution < 1.29 is 57.1 Å². The van der Waals surface area contributed by atoms with E-state index in [4.69, 9.17) is 21.1 Å². The van der Waals surface area contributed by atoms with E-state index in [-0.39, 0.29) is 24.0 Å². The molecule has 11 nitrogen and oxygen atoms in total. The number of hydrogen-bond donors (Lipinski definition) is 1. The van der Waals surface area contributed by atoms with Gasteiger partial charge in [0.2, 0.25) is 13.6 Å². The molecule has 2 saturated carbocycles. The average molecular weight is 565 g/mol. The minimum Gasteiger partial charge on any atom is -0.435 e. The lowest BCUT2D eigenvalue weighted by Gasteiger charge is -2.25. The predicted octanol–water partition coefficient (Wildman–Crippen LogP) is 3.39. The van der Waals surface area contributed by atoms with Crippen LogP contribution in [0.2, 0.25) is 5.02 Å². The third-order valence-corrected chi connectivity index (χ3v) is 7.43. The molecular weight excluding hydrogens is 539 g/mol. The Balaban J connectivity index is 1.65. The van der Waals surface area contributed by atoms with Crippen LogP contribution in [0.1, 0.15) is 13.8 Å². The van der Waals surface area contributed by atoms with Gasteiger partial charge in [-0.2, -0.15) is 0 Å². The molecule has 0 amide bonds. The summed E-state index contributed by atoms with van der Waals surface area (Å²) in [5.41, 5.74) is 0. The van der Waals surface area contributed by atoms with E-state index in [2.05, 4.69) is 18.9 Å². The van der Waals surface area contributed by atoms with Crippen molar-refractivity contribution in [3.05, 3.63) is 29.0 Å². The molecule has 0 aliphatic heterocycles. The van der Waals surface area contributed by atoms with Gasteiger partial charge >= 0.3 is 24.2 Å². The molecule has 0 heterocycles. The highest BCUT2D eigenvalue weighted by molar-refractivity contribution is 7.99. The van der Waals surface area contributed by atoms with Gasteiger partial charge in [0, 0.05) is 22.5 Å². The number of rotatable bonds is 11. The van der Waals surface area contributed by atoms with Crippen LogP contribution < -0.4 is 0 Å². The molecule has 3 rings (SSSR count). The second kappa shape index (κ2) is 13.2. The Morgan fingerprint density at radius 3 is 2.00 bits per heavy atom. The summed E-state index contributed by atoms with van der Waals surface area (Å²) in [5.74, 6) is -5.50. The van der Waals surface area contributed by atoms with Gasteiger partial charge in [-0.15, -0.1) is 11.8 Å². The minimum atomic E-state index is -1.07. The maximum atomic E-state index is 13.5. The zero-order valence-electron chi connectivity index (χ0n) is 19.9. The molecule has 0 spiro atoms. The lowest BCUT2D eigenvalue weighted by atomic mass is 9.88. The largest absolute Gasteiger partial charge is 0.511 e. The maximum Gasteiger partial charge on any atom is 0.511 e. The van der Waals surface area contributed by atoms with E-state index in [9.17, 15) is 28.7 Å². The minimum absolute atomic E-state index is 0.0697. The van der Waals surface area contributed by atoms with Crippen LogP contribution >= 0.6 is 23.4 Å². The average Bonchev–Trinajstić information content (AvgIpc) is 3.51. The molecule has 1 aromatic rings. The summed E-state index contributed by atoms with van der Waals surface area (Å²) in [6.07, 6.45) is -3.10. The maximum absolute atomic E-state index is 13.5. The van der Waals surface area contributed by atoms with Crippen LogP contribution in [0.15, 0.2) is 23.1 Å². The van der Waals surface area contributed by atoms with E-state index in [1.54, 1.807) is 13.8 Å². The molecule has 6 atom stereocenters. The van der Waals surface area contributed by atoms with Gasteiger partial charge in [0.1, 0.15) is 5.82 Å².